The fraction of sp³-hybridized carbons (Fsp3) is 0.348. The minimum absolute atomic E-state index is 0.128. The lowest BCUT2D eigenvalue weighted by molar-refractivity contribution is 0.0513. The second-order valence-corrected chi connectivity index (χ2v) is 8.24. The normalized spacial score (nSPS) is 18.5. The van der Waals surface area contributed by atoms with Crippen molar-refractivity contribution in [2.75, 3.05) is 37.7 Å². The minimum Gasteiger partial charge on any atom is -0.491 e. The first-order valence-electron chi connectivity index (χ1n) is 10.2. The van der Waals surface area contributed by atoms with Crippen LogP contribution < -0.4 is 15.2 Å². The third-order valence-corrected chi connectivity index (χ3v) is 5.79. The minimum atomic E-state index is -0.583. The number of β-amino-alcohol motifs (C(OH)–C–C–N with tert-alkyl or cyclic N) is 1. The SMILES string of the molecule is C[C@H]1CN(c2ccc(Cl)cc2)CCN1C[C@H](O)COc1ccc2[nH]c(=O)ccc2c1. The number of hydrogen-bond acceptors (Lipinski definition) is 5. The number of ether oxygens (including phenoxy) is 1. The quantitative estimate of drug-likeness (QED) is 0.632. The van der Waals surface area contributed by atoms with Crippen LogP contribution in [0.1, 0.15) is 6.92 Å². The van der Waals surface area contributed by atoms with Gasteiger partial charge in [0, 0.05) is 59.9 Å². The molecule has 1 saturated heterocycles. The number of aromatic amines is 1. The Morgan fingerprint density at radius 1 is 1.17 bits per heavy atom. The van der Waals surface area contributed by atoms with Crippen molar-refractivity contribution >= 4 is 28.2 Å². The van der Waals surface area contributed by atoms with Crippen molar-refractivity contribution in [2.24, 2.45) is 0 Å². The van der Waals surface area contributed by atoms with Gasteiger partial charge in [-0.25, -0.2) is 0 Å². The van der Waals surface area contributed by atoms with Crippen molar-refractivity contribution in [1.82, 2.24) is 9.88 Å². The molecule has 7 heteroatoms. The average Bonchev–Trinajstić information content (AvgIpc) is 2.74. The summed E-state index contributed by atoms with van der Waals surface area (Å²) in [4.78, 5) is 18.8. The fourth-order valence-electron chi connectivity index (χ4n) is 3.89. The summed E-state index contributed by atoms with van der Waals surface area (Å²) in [7, 11) is 0. The number of fused-ring (bicyclic) bond motifs is 1. The van der Waals surface area contributed by atoms with E-state index in [4.69, 9.17) is 16.3 Å². The zero-order chi connectivity index (χ0) is 21.1. The number of aromatic nitrogens is 1. The summed E-state index contributed by atoms with van der Waals surface area (Å²) in [5.41, 5.74) is 1.81. The third-order valence-electron chi connectivity index (χ3n) is 5.54. The number of halogens is 1. The van der Waals surface area contributed by atoms with E-state index in [1.54, 1.807) is 12.1 Å². The molecule has 1 aromatic heterocycles. The Morgan fingerprint density at radius 3 is 2.73 bits per heavy atom. The van der Waals surface area contributed by atoms with Crippen LogP contribution in [0.4, 0.5) is 5.69 Å². The van der Waals surface area contributed by atoms with Crippen LogP contribution in [0, 0.1) is 0 Å². The molecule has 0 unspecified atom stereocenters. The van der Waals surface area contributed by atoms with E-state index in [2.05, 4.69) is 21.7 Å². The van der Waals surface area contributed by atoms with Crippen molar-refractivity contribution < 1.29 is 9.84 Å². The Balaban J connectivity index is 1.29. The third kappa shape index (κ3) is 4.95. The largest absolute Gasteiger partial charge is 0.491 e. The van der Waals surface area contributed by atoms with E-state index in [0.29, 0.717) is 18.3 Å². The number of aliphatic hydroxyl groups is 1. The van der Waals surface area contributed by atoms with Gasteiger partial charge in [-0.1, -0.05) is 11.6 Å². The maximum Gasteiger partial charge on any atom is 0.248 e. The van der Waals surface area contributed by atoms with Crippen molar-refractivity contribution in [3.8, 4) is 5.75 Å². The first-order chi connectivity index (χ1) is 14.5. The maximum atomic E-state index is 11.4. The summed E-state index contributed by atoms with van der Waals surface area (Å²) in [6.45, 7) is 5.65. The number of H-pyrrole nitrogens is 1. The second kappa shape index (κ2) is 9.08. The number of pyridine rings is 1. The van der Waals surface area contributed by atoms with Crippen LogP contribution in [0.3, 0.4) is 0 Å². The molecule has 0 radical (unpaired) electrons. The van der Waals surface area contributed by atoms with E-state index in [-0.39, 0.29) is 12.2 Å². The molecule has 3 aromatic rings. The predicted octanol–water partition coefficient (Wildman–Crippen LogP) is 3.13. The Kier molecular flexibility index (Phi) is 6.27. The van der Waals surface area contributed by atoms with Crippen LogP contribution in [0.2, 0.25) is 5.02 Å². The number of anilines is 1. The highest BCUT2D eigenvalue weighted by Gasteiger charge is 2.25. The average molecular weight is 428 g/mol. The van der Waals surface area contributed by atoms with Gasteiger partial charge in [-0.2, -0.15) is 0 Å². The summed E-state index contributed by atoms with van der Waals surface area (Å²) in [6.07, 6.45) is -0.583. The van der Waals surface area contributed by atoms with Crippen LogP contribution in [0.15, 0.2) is 59.4 Å². The number of aliphatic hydroxyl groups excluding tert-OH is 1. The number of hydrogen-bond donors (Lipinski definition) is 2. The molecule has 30 heavy (non-hydrogen) atoms. The lowest BCUT2D eigenvalue weighted by Crippen LogP contribution is -2.54. The molecular formula is C23H26ClN3O3. The highest BCUT2D eigenvalue weighted by atomic mass is 35.5. The van der Waals surface area contributed by atoms with Gasteiger partial charge in [-0.15, -0.1) is 0 Å². The molecule has 0 saturated carbocycles. The second-order valence-electron chi connectivity index (χ2n) is 7.80. The first kappa shape index (κ1) is 20.7. The molecule has 1 aliphatic rings. The highest BCUT2D eigenvalue weighted by molar-refractivity contribution is 6.30. The van der Waals surface area contributed by atoms with Crippen LogP contribution >= 0.6 is 11.6 Å². The summed E-state index contributed by atoms with van der Waals surface area (Å²) in [5, 5.41) is 12.1. The van der Waals surface area contributed by atoms with Crippen LogP contribution in [0.5, 0.6) is 5.75 Å². The van der Waals surface area contributed by atoms with Crippen molar-refractivity contribution in [1.29, 1.82) is 0 Å². The maximum absolute atomic E-state index is 11.4. The van der Waals surface area contributed by atoms with Crippen LogP contribution in [0.25, 0.3) is 10.9 Å². The molecule has 0 spiro atoms. The first-order valence-corrected chi connectivity index (χ1v) is 10.5. The van der Waals surface area contributed by atoms with Gasteiger partial charge in [0.1, 0.15) is 18.5 Å². The van der Waals surface area contributed by atoms with Gasteiger partial charge in [0.2, 0.25) is 5.56 Å². The Hall–Kier alpha value is -2.54. The van der Waals surface area contributed by atoms with E-state index < -0.39 is 6.10 Å². The number of benzene rings is 2. The molecule has 1 aliphatic heterocycles. The summed E-state index contributed by atoms with van der Waals surface area (Å²) >= 11 is 5.99. The topological polar surface area (TPSA) is 68.8 Å². The monoisotopic (exact) mass is 427 g/mol. The van der Waals surface area contributed by atoms with Crippen molar-refractivity contribution in [3.63, 3.8) is 0 Å². The molecule has 158 valence electrons. The zero-order valence-electron chi connectivity index (χ0n) is 16.9. The van der Waals surface area contributed by atoms with Gasteiger partial charge in [0.05, 0.1) is 0 Å². The molecule has 2 heterocycles. The molecule has 0 bridgehead atoms. The summed E-state index contributed by atoms with van der Waals surface area (Å²) < 4.78 is 5.79. The van der Waals surface area contributed by atoms with Gasteiger partial charge in [0.25, 0.3) is 0 Å². The van der Waals surface area contributed by atoms with E-state index in [9.17, 15) is 9.90 Å². The molecule has 1 fully saturated rings. The molecule has 0 amide bonds. The molecule has 0 aliphatic carbocycles. The Morgan fingerprint density at radius 2 is 1.97 bits per heavy atom. The predicted molar refractivity (Wildman–Crippen MR) is 121 cm³/mol. The van der Waals surface area contributed by atoms with Gasteiger partial charge < -0.3 is 19.7 Å². The zero-order valence-corrected chi connectivity index (χ0v) is 17.7. The molecule has 6 nitrogen and oxygen atoms in total. The van der Waals surface area contributed by atoms with E-state index in [0.717, 1.165) is 35.6 Å². The van der Waals surface area contributed by atoms with E-state index >= 15 is 0 Å². The lowest BCUT2D eigenvalue weighted by atomic mass is 10.1. The number of nitrogens with one attached hydrogen (secondary N) is 1. The summed E-state index contributed by atoms with van der Waals surface area (Å²) in [6, 6.07) is 17.0. The van der Waals surface area contributed by atoms with E-state index in [1.165, 1.54) is 11.8 Å². The van der Waals surface area contributed by atoms with Gasteiger partial charge in [-0.05, 0) is 55.5 Å². The van der Waals surface area contributed by atoms with Crippen LogP contribution in [-0.4, -0.2) is 59.9 Å². The van der Waals surface area contributed by atoms with E-state index in [1.807, 2.05) is 36.4 Å². The smallest absolute Gasteiger partial charge is 0.248 e. The molecular weight excluding hydrogens is 402 g/mol. The number of piperazine rings is 1. The Bertz CT molecular complexity index is 1050. The Labute approximate surface area is 180 Å². The van der Waals surface area contributed by atoms with Gasteiger partial charge in [-0.3, -0.25) is 9.69 Å². The standard InChI is InChI=1S/C23H26ClN3O3/c1-16-13-27(19-5-3-18(24)4-6-19)11-10-26(16)14-20(28)15-30-21-7-8-22-17(12-21)2-9-23(29)25-22/h2-9,12,16,20,28H,10-11,13-15H2,1H3,(H,25,29)/t16-,20-/m0/s1. The van der Waals surface area contributed by atoms with Gasteiger partial charge >= 0.3 is 0 Å². The summed E-state index contributed by atoms with van der Waals surface area (Å²) in [5.74, 6) is 0.675. The molecule has 4 rings (SSSR count). The molecule has 2 N–H and O–H groups in total. The fourth-order valence-corrected chi connectivity index (χ4v) is 4.02. The molecule has 2 atom stereocenters. The highest BCUT2D eigenvalue weighted by Crippen LogP contribution is 2.22. The lowest BCUT2D eigenvalue weighted by Gasteiger charge is -2.41. The molecule has 2 aromatic carbocycles. The van der Waals surface area contributed by atoms with Crippen LogP contribution in [-0.2, 0) is 0 Å². The number of rotatable bonds is 6. The number of nitrogens with zero attached hydrogens (tertiary/aromatic N) is 2. The van der Waals surface area contributed by atoms with Gasteiger partial charge in [0.15, 0.2) is 0 Å². The van der Waals surface area contributed by atoms with Crippen molar-refractivity contribution in [3.05, 3.63) is 70.0 Å². The van der Waals surface area contributed by atoms with Crippen molar-refractivity contribution in [2.45, 2.75) is 19.1 Å².